The van der Waals surface area contributed by atoms with Gasteiger partial charge in [-0.05, 0) is 24.6 Å². The SMILES string of the molecule is Cc1ccc(-c2nc(=S)cc(C(C)(C)C)[nH]2)cc1Br. The molecule has 1 aromatic heterocycles. The van der Waals surface area contributed by atoms with Crippen LogP contribution in [0.4, 0.5) is 0 Å². The molecule has 100 valence electrons. The van der Waals surface area contributed by atoms with E-state index in [1.807, 2.05) is 6.07 Å². The molecule has 0 fully saturated rings. The van der Waals surface area contributed by atoms with Gasteiger partial charge in [-0.1, -0.05) is 61.1 Å². The summed E-state index contributed by atoms with van der Waals surface area (Å²) in [4.78, 5) is 7.82. The van der Waals surface area contributed by atoms with Gasteiger partial charge in [-0.15, -0.1) is 0 Å². The van der Waals surface area contributed by atoms with Crippen molar-refractivity contribution in [3.8, 4) is 11.4 Å². The molecule has 0 radical (unpaired) electrons. The Labute approximate surface area is 127 Å². The predicted molar refractivity (Wildman–Crippen MR) is 86.0 cm³/mol. The third kappa shape index (κ3) is 3.31. The number of nitrogens with zero attached hydrogens (tertiary/aromatic N) is 1. The summed E-state index contributed by atoms with van der Waals surface area (Å²) in [7, 11) is 0. The van der Waals surface area contributed by atoms with Crippen LogP contribution in [0.3, 0.4) is 0 Å². The highest BCUT2D eigenvalue weighted by atomic mass is 79.9. The summed E-state index contributed by atoms with van der Waals surface area (Å²) in [6.07, 6.45) is 0. The summed E-state index contributed by atoms with van der Waals surface area (Å²) >= 11 is 8.82. The molecule has 0 aliphatic rings. The maximum atomic E-state index is 5.27. The number of H-pyrrole nitrogens is 1. The summed E-state index contributed by atoms with van der Waals surface area (Å²) in [5.41, 5.74) is 3.36. The van der Waals surface area contributed by atoms with Crippen LogP contribution >= 0.6 is 28.1 Å². The predicted octanol–water partition coefficient (Wildman–Crippen LogP) is 5.17. The second kappa shape index (κ2) is 5.17. The van der Waals surface area contributed by atoms with Crippen LogP contribution in [0, 0.1) is 11.6 Å². The van der Waals surface area contributed by atoms with E-state index in [-0.39, 0.29) is 5.41 Å². The van der Waals surface area contributed by atoms with Crippen molar-refractivity contribution in [2.45, 2.75) is 33.1 Å². The molecule has 2 rings (SSSR count). The van der Waals surface area contributed by atoms with Gasteiger partial charge in [-0.3, -0.25) is 0 Å². The van der Waals surface area contributed by atoms with Crippen molar-refractivity contribution >= 4 is 28.1 Å². The van der Waals surface area contributed by atoms with Crippen LogP contribution in [0.1, 0.15) is 32.0 Å². The van der Waals surface area contributed by atoms with Gasteiger partial charge in [0.05, 0.1) is 0 Å². The van der Waals surface area contributed by atoms with Crippen LogP contribution in [0.15, 0.2) is 28.7 Å². The lowest BCUT2D eigenvalue weighted by Gasteiger charge is -2.19. The molecule has 0 aliphatic heterocycles. The maximum absolute atomic E-state index is 5.27. The molecular formula is C15H17BrN2S. The van der Waals surface area contributed by atoms with Crippen LogP contribution in [0.25, 0.3) is 11.4 Å². The molecule has 1 heterocycles. The highest BCUT2D eigenvalue weighted by Gasteiger charge is 2.16. The molecule has 0 unspecified atom stereocenters. The fraction of sp³-hybridized carbons (Fsp3) is 0.333. The molecule has 4 heteroatoms. The number of nitrogens with one attached hydrogen (secondary N) is 1. The number of aromatic nitrogens is 2. The maximum Gasteiger partial charge on any atom is 0.139 e. The summed E-state index contributed by atoms with van der Waals surface area (Å²) in [5.74, 6) is 0.818. The largest absolute Gasteiger partial charge is 0.343 e. The molecule has 2 aromatic rings. The zero-order chi connectivity index (χ0) is 14.2. The van der Waals surface area contributed by atoms with E-state index in [2.05, 4.69) is 71.8 Å². The van der Waals surface area contributed by atoms with Crippen LogP contribution in [0.2, 0.25) is 0 Å². The van der Waals surface area contributed by atoms with Crippen molar-refractivity contribution < 1.29 is 0 Å². The Bertz CT molecular complexity index is 669. The zero-order valence-electron chi connectivity index (χ0n) is 11.5. The van der Waals surface area contributed by atoms with E-state index in [1.165, 1.54) is 5.56 Å². The quantitative estimate of drug-likeness (QED) is 0.727. The van der Waals surface area contributed by atoms with Crippen LogP contribution in [-0.2, 0) is 5.41 Å². The Morgan fingerprint density at radius 2 is 1.89 bits per heavy atom. The Kier molecular flexibility index (Phi) is 3.92. The summed E-state index contributed by atoms with van der Waals surface area (Å²) in [6, 6.07) is 8.12. The molecule has 2 nitrogen and oxygen atoms in total. The summed E-state index contributed by atoms with van der Waals surface area (Å²) in [5, 5.41) is 0. The minimum Gasteiger partial charge on any atom is -0.343 e. The van der Waals surface area contributed by atoms with Gasteiger partial charge >= 0.3 is 0 Å². The van der Waals surface area contributed by atoms with Gasteiger partial charge in [0.1, 0.15) is 10.5 Å². The van der Waals surface area contributed by atoms with Gasteiger partial charge in [0.25, 0.3) is 0 Å². The highest BCUT2D eigenvalue weighted by molar-refractivity contribution is 9.10. The molecule has 0 amide bonds. The first-order chi connectivity index (χ1) is 8.77. The van der Waals surface area contributed by atoms with Crippen LogP contribution in [-0.4, -0.2) is 9.97 Å². The molecular weight excluding hydrogens is 320 g/mol. The van der Waals surface area contributed by atoms with E-state index in [0.717, 1.165) is 21.6 Å². The molecule has 0 saturated heterocycles. The van der Waals surface area contributed by atoms with E-state index in [0.29, 0.717) is 4.64 Å². The standard InChI is InChI=1S/C15H17BrN2S/c1-9-5-6-10(7-11(9)16)14-17-12(15(2,3)4)8-13(19)18-14/h5-8H,1-4H3,(H,17,18,19). The lowest BCUT2D eigenvalue weighted by molar-refractivity contribution is 0.567. The molecule has 1 N–H and O–H groups in total. The van der Waals surface area contributed by atoms with Gasteiger partial charge in [0.15, 0.2) is 0 Å². The summed E-state index contributed by atoms with van der Waals surface area (Å²) < 4.78 is 1.70. The lowest BCUT2D eigenvalue weighted by atomic mass is 9.92. The van der Waals surface area contributed by atoms with Gasteiger partial charge in [-0.2, -0.15) is 0 Å². The van der Waals surface area contributed by atoms with Crippen molar-refractivity contribution in [2.75, 3.05) is 0 Å². The smallest absolute Gasteiger partial charge is 0.139 e. The normalized spacial score (nSPS) is 11.6. The monoisotopic (exact) mass is 336 g/mol. The van der Waals surface area contributed by atoms with Crippen molar-refractivity contribution in [2.24, 2.45) is 0 Å². The number of aromatic amines is 1. The van der Waals surface area contributed by atoms with Gasteiger partial charge in [0, 0.05) is 21.1 Å². The minimum atomic E-state index is 0.0210. The number of rotatable bonds is 1. The van der Waals surface area contributed by atoms with Crippen molar-refractivity contribution in [3.05, 3.63) is 44.6 Å². The first-order valence-corrected chi connectivity index (χ1v) is 7.36. The number of hydrogen-bond acceptors (Lipinski definition) is 2. The first kappa shape index (κ1) is 14.4. The van der Waals surface area contributed by atoms with E-state index in [1.54, 1.807) is 0 Å². The second-order valence-electron chi connectivity index (χ2n) is 5.70. The van der Waals surface area contributed by atoms with E-state index in [9.17, 15) is 0 Å². The van der Waals surface area contributed by atoms with E-state index in [4.69, 9.17) is 12.2 Å². The van der Waals surface area contributed by atoms with Crippen LogP contribution < -0.4 is 0 Å². The average molecular weight is 337 g/mol. The Balaban J connectivity index is 2.59. The molecule has 1 aromatic carbocycles. The third-order valence-electron chi connectivity index (χ3n) is 3.00. The third-order valence-corrected chi connectivity index (χ3v) is 4.06. The van der Waals surface area contributed by atoms with Crippen molar-refractivity contribution in [3.63, 3.8) is 0 Å². The second-order valence-corrected chi connectivity index (χ2v) is 6.97. The number of halogens is 1. The van der Waals surface area contributed by atoms with E-state index < -0.39 is 0 Å². The zero-order valence-corrected chi connectivity index (χ0v) is 13.9. The van der Waals surface area contributed by atoms with Crippen molar-refractivity contribution in [1.82, 2.24) is 9.97 Å². The fourth-order valence-corrected chi connectivity index (χ4v) is 2.33. The first-order valence-electron chi connectivity index (χ1n) is 6.16. The van der Waals surface area contributed by atoms with Gasteiger partial charge in [0.2, 0.25) is 0 Å². The lowest BCUT2D eigenvalue weighted by Crippen LogP contribution is -2.14. The Morgan fingerprint density at radius 3 is 2.47 bits per heavy atom. The van der Waals surface area contributed by atoms with Crippen LogP contribution in [0.5, 0.6) is 0 Å². The number of aryl methyl sites for hydroxylation is 1. The Morgan fingerprint density at radius 1 is 1.21 bits per heavy atom. The number of hydrogen-bond donors (Lipinski definition) is 1. The van der Waals surface area contributed by atoms with Gasteiger partial charge < -0.3 is 4.98 Å². The van der Waals surface area contributed by atoms with E-state index >= 15 is 0 Å². The minimum absolute atomic E-state index is 0.0210. The molecule has 19 heavy (non-hydrogen) atoms. The molecule has 0 saturated carbocycles. The topological polar surface area (TPSA) is 28.7 Å². The Hall–Kier alpha value is -1.00. The van der Waals surface area contributed by atoms with Gasteiger partial charge in [-0.25, -0.2) is 4.98 Å². The summed E-state index contributed by atoms with van der Waals surface area (Å²) in [6.45, 7) is 8.53. The molecule has 0 spiro atoms. The molecule has 0 aliphatic carbocycles. The number of benzene rings is 1. The molecule has 0 atom stereocenters. The average Bonchev–Trinajstić information content (AvgIpc) is 2.31. The van der Waals surface area contributed by atoms with Crippen molar-refractivity contribution in [1.29, 1.82) is 0 Å². The highest BCUT2D eigenvalue weighted by Crippen LogP contribution is 2.26. The fourth-order valence-electron chi connectivity index (χ4n) is 1.74. The molecule has 0 bridgehead atoms.